The Balaban J connectivity index is 2.04. The number of nitrogens with two attached hydrogens (primary N) is 1. The second-order valence-electron chi connectivity index (χ2n) is 4.53. The van der Waals surface area contributed by atoms with Crippen LogP contribution in [0.5, 0.6) is 0 Å². The summed E-state index contributed by atoms with van der Waals surface area (Å²) in [5, 5.41) is 19.3. The Labute approximate surface area is 124 Å². The molecule has 5 N–H and O–H groups in total. The Hall–Kier alpha value is -1.90. The zero-order chi connectivity index (χ0) is 15.4. The molecule has 0 aliphatic heterocycles. The topological polar surface area (TPSA) is 129 Å². The number of hydrogen-bond acceptors (Lipinski definition) is 6. The van der Waals surface area contributed by atoms with Crippen LogP contribution in [0.15, 0.2) is 34.2 Å². The van der Waals surface area contributed by atoms with E-state index in [1.165, 1.54) is 0 Å². The van der Waals surface area contributed by atoms with E-state index in [2.05, 4.69) is 9.97 Å². The molecule has 0 saturated heterocycles. The number of hydrogen-bond donors (Lipinski definition) is 4. The fourth-order valence-electron chi connectivity index (χ4n) is 1.77. The molecule has 7 nitrogen and oxygen atoms in total. The molecule has 1 heterocycles. The molecule has 0 radical (unpaired) electrons. The van der Waals surface area contributed by atoms with Crippen LogP contribution in [0.4, 0.5) is 0 Å². The van der Waals surface area contributed by atoms with Gasteiger partial charge in [0.15, 0.2) is 5.16 Å². The van der Waals surface area contributed by atoms with E-state index in [-0.39, 0.29) is 17.7 Å². The number of aliphatic hydroxyl groups excluding tert-OH is 1. The van der Waals surface area contributed by atoms with Crippen molar-refractivity contribution < 1.29 is 15.0 Å². The van der Waals surface area contributed by atoms with Gasteiger partial charge < -0.3 is 20.9 Å². The maximum Gasteiger partial charge on any atom is 0.320 e. The number of nitrogens with zero attached hydrogens (tertiary/aromatic N) is 1. The average molecular weight is 309 g/mol. The number of rotatable bonds is 6. The second kappa shape index (κ2) is 6.70. The number of carbonyl (C=O) groups is 1. The van der Waals surface area contributed by atoms with Crippen molar-refractivity contribution in [1.82, 2.24) is 9.97 Å². The van der Waals surface area contributed by atoms with E-state index < -0.39 is 18.1 Å². The van der Waals surface area contributed by atoms with Crippen LogP contribution in [0, 0.1) is 0 Å². The van der Waals surface area contributed by atoms with Crippen molar-refractivity contribution in [2.75, 3.05) is 5.75 Å². The number of aliphatic carboxylic acids is 1. The van der Waals surface area contributed by atoms with Crippen molar-refractivity contribution in [3.63, 3.8) is 0 Å². The number of nitrogens with one attached hydrogen (secondary N) is 1. The minimum atomic E-state index is -1.16. The van der Waals surface area contributed by atoms with Gasteiger partial charge in [0.2, 0.25) is 0 Å². The summed E-state index contributed by atoms with van der Waals surface area (Å²) < 4.78 is 0. The number of carboxylic acid groups (broad SMARTS) is 1. The zero-order valence-electron chi connectivity index (χ0n) is 11.0. The Bertz CT molecular complexity index is 703. The molecule has 0 saturated carbocycles. The third-order valence-electron chi connectivity index (χ3n) is 2.85. The van der Waals surface area contributed by atoms with E-state index in [4.69, 9.17) is 10.8 Å². The normalized spacial score (nSPS) is 14.0. The summed E-state index contributed by atoms with van der Waals surface area (Å²) in [7, 11) is 0. The summed E-state index contributed by atoms with van der Waals surface area (Å²) in [6.45, 7) is 0. The Kier molecular flexibility index (Phi) is 4.94. The third kappa shape index (κ3) is 4.03. The fraction of sp³-hybridized carbons (Fsp3) is 0.308. The molecule has 112 valence electrons. The maximum absolute atomic E-state index is 11.8. The van der Waals surface area contributed by atoms with Crippen LogP contribution in [0.2, 0.25) is 0 Å². The molecular formula is C13H15N3O4S. The molecule has 21 heavy (non-hydrogen) atoms. The number of H-pyrrole nitrogens is 1. The highest BCUT2D eigenvalue weighted by atomic mass is 32.2. The molecule has 2 atom stereocenters. The summed E-state index contributed by atoms with van der Waals surface area (Å²) in [4.78, 5) is 29.3. The SMILES string of the molecule is NC(CC(O)CSc1nc2ccccc2c(=O)[nH]1)C(=O)O. The van der Waals surface area contributed by atoms with Crippen LogP contribution >= 0.6 is 11.8 Å². The molecule has 2 unspecified atom stereocenters. The number of para-hydroxylation sites is 1. The summed E-state index contributed by atoms with van der Waals surface area (Å²) >= 11 is 1.15. The standard InChI is InChI=1S/C13H15N3O4S/c14-9(12(19)20)5-7(17)6-21-13-15-10-4-2-1-3-8(10)11(18)16-13/h1-4,7,9,17H,5-6,14H2,(H,19,20)(H,15,16,18). The lowest BCUT2D eigenvalue weighted by Crippen LogP contribution is -2.34. The van der Waals surface area contributed by atoms with Gasteiger partial charge in [-0.2, -0.15) is 0 Å². The van der Waals surface area contributed by atoms with E-state index >= 15 is 0 Å². The number of benzene rings is 1. The minimum absolute atomic E-state index is 0.0554. The highest BCUT2D eigenvalue weighted by molar-refractivity contribution is 7.99. The van der Waals surface area contributed by atoms with Crippen molar-refractivity contribution in [3.8, 4) is 0 Å². The van der Waals surface area contributed by atoms with Crippen LogP contribution in [0.3, 0.4) is 0 Å². The van der Waals surface area contributed by atoms with Gasteiger partial charge in [0.25, 0.3) is 5.56 Å². The van der Waals surface area contributed by atoms with Gasteiger partial charge in [-0.3, -0.25) is 9.59 Å². The Morgan fingerprint density at radius 3 is 2.86 bits per heavy atom. The number of aliphatic hydroxyl groups is 1. The Morgan fingerprint density at radius 2 is 2.14 bits per heavy atom. The monoisotopic (exact) mass is 309 g/mol. The minimum Gasteiger partial charge on any atom is -0.480 e. The van der Waals surface area contributed by atoms with Gasteiger partial charge in [0, 0.05) is 5.75 Å². The molecule has 8 heteroatoms. The average Bonchev–Trinajstić information content (AvgIpc) is 2.45. The van der Waals surface area contributed by atoms with Gasteiger partial charge in [-0.15, -0.1) is 0 Å². The van der Waals surface area contributed by atoms with Crippen LogP contribution in [-0.4, -0.2) is 44.0 Å². The van der Waals surface area contributed by atoms with Crippen LogP contribution < -0.4 is 11.3 Å². The summed E-state index contributed by atoms with van der Waals surface area (Å²) in [5.41, 5.74) is 5.66. The van der Waals surface area contributed by atoms with Crippen molar-refractivity contribution in [2.45, 2.75) is 23.7 Å². The third-order valence-corrected chi connectivity index (χ3v) is 3.87. The van der Waals surface area contributed by atoms with E-state index in [9.17, 15) is 14.7 Å². The summed E-state index contributed by atoms with van der Waals surface area (Å²) in [5.74, 6) is -0.960. The van der Waals surface area contributed by atoms with Crippen molar-refractivity contribution >= 4 is 28.6 Å². The first-order valence-electron chi connectivity index (χ1n) is 6.25. The van der Waals surface area contributed by atoms with E-state index in [0.717, 1.165) is 11.8 Å². The molecule has 1 aromatic carbocycles. The first kappa shape index (κ1) is 15.5. The Morgan fingerprint density at radius 1 is 1.43 bits per heavy atom. The lowest BCUT2D eigenvalue weighted by Gasteiger charge is -2.12. The van der Waals surface area contributed by atoms with Crippen LogP contribution in [-0.2, 0) is 4.79 Å². The van der Waals surface area contributed by atoms with Gasteiger partial charge >= 0.3 is 5.97 Å². The van der Waals surface area contributed by atoms with E-state index in [0.29, 0.717) is 16.1 Å². The second-order valence-corrected chi connectivity index (χ2v) is 5.54. The number of aromatic amines is 1. The molecule has 0 amide bonds. The number of carboxylic acids is 1. The molecule has 0 spiro atoms. The highest BCUT2D eigenvalue weighted by Gasteiger charge is 2.17. The first-order chi connectivity index (χ1) is 9.97. The van der Waals surface area contributed by atoms with Crippen LogP contribution in [0.1, 0.15) is 6.42 Å². The summed E-state index contributed by atoms with van der Waals surface area (Å²) in [6.07, 6.45) is -0.946. The molecule has 0 aliphatic carbocycles. The molecular weight excluding hydrogens is 294 g/mol. The number of fused-ring (bicyclic) bond motifs is 1. The lowest BCUT2D eigenvalue weighted by molar-refractivity contribution is -0.139. The summed E-state index contributed by atoms with van der Waals surface area (Å²) in [6, 6.07) is 5.83. The van der Waals surface area contributed by atoms with Gasteiger partial charge in [-0.05, 0) is 18.6 Å². The van der Waals surface area contributed by atoms with Gasteiger partial charge in [-0.1, -0.05) is 23.9 Å². The lowest BCUT2D eigenvalue weighted by atomic mass is 10.1. The molecule has 1 aromatic heterocycles. The fourth-order valence-corrected chi connectivity index (χ4v) is 2.58. The number of aromatic nitrogens is 2. The zero-order valence-corrected chi connectivity index (χ0v) is 11.8. The largest absolute Gasteiger partial charge is 0.480 e. The maximum atomic E-state index is 11.8. The molecule has 0 bridgehead atoms. The van der Waals surface area contributed by atoms with Gasteiger partial charge in [0.05, 0.1) is 17.0 Å². The molecule has 2 aromatic rings. The molecule has 0 fully saturated rings. The molecule has 2 rings (SSSR count). The highest BCUT2D eigenvalue weighted by Crippen LogP contribution is 2.16. The van der Waals surface area contributed by atoms with E-state index in [1.807, 2.05) is 0 Å². The van der Waals surface area contributed by atoms with Gasteiger partial charge in [-0.25, -0.2) is 4.98 Å². The quantitative estimate of drug-likeness (QED) is 0.442. The predicted octanol–water partition coefficient (Wildman–Crippen LogP) is 0.178. The van der Waals surface area contributed by atoms with Crippen molar-refractivity contribution in [3.05, 3.63) is 34.6 Å². The molecule has 0 aliphatic rings. The van der Waals surface area contributed by atoms with E-state index in [1.54, 1.807) is 24.3 Å². The first-order valence-corrected chi connectivity index (χ1v) is 7.24. The van der Waals surface area contributed by atoms with Crippen LogP contribution in [0.25, 0.3) is 10.9 Å². The number of thioether (sulfide) groups is 1. The smallest absolute Gasteiger partial charge is 0.320 e. The van der Waals surface area contributed by atoms with Crippen molar-refractivity contribution in [1.29, 1.82) is 0 Å². The van der Waals surface area contributed by atoms with Crippen molar-refractivity contribution in [2.24, 2.45) is 5.73 Å². The predicted molar refractivity (Wildman–Crippen MR) is 79.3 cm³/mol. The van der Waals surface area contributed by atoms with Gasteiger partial charge in [0.1, 0.15) is 6.04 Å².